The summed E-state index contributed by atoms with van der Waals surface area (Å²) in [6.45, 7) is 19.1. The first kappa shape index (κ1) is 38.4. The van der Waals surface area contributed by atoms with E-state index >= 15 is 0 Å². The van der Waals surface area contributed by atoms with E-state index < -0.39 is 47.2 Å². The summed E-state index contributed by atoms with van der Waals surface area (Å²) in [4.78, 5) is 84.1. The Morgan fingerprint density at radius 3 is 2.24 bits per heavy atom. The van der Waals surface area contributed by atoms with Crippen molar-refractivity contribution in [3.05, 3.63) is 12.7 Å². The Morgan fingerprint density at radius 1 is 0.980 bits per heavy atom. The van der Waals surface area contributed by atoms with Gasteiger partial charge in [-0.3, -0.25) is 24.0 Å². The number of ketones is 1. The highest BCUT2D eigenvalue weighted by Crippen LogP contribution is 2.65. The van der Waals surface area contributed by atoms with Crippen LogP contribution in [0.3, 0.4) is 0 Å². The molecule has 12 heteroatoms. The minimum absolute atomic E-state index is 0.0923. The summed E-state index contributed by atoms with van der Waals surface area (Å²) in [5, 5.41) is 11.5. The van der Waals surface area contributed by atoms with E-state index in [4.69, 9.17) is 0 Å². The molecule has 6 amide bonds. The van der Waals surface area contributed by atoms with Gasteiger partial charge in [0.15, 0.2) is 0 Å². The average Bonchev–Trinajstić information content (AvgIpc) is 3.35. The number of carbonyl (C=O) groups is 6. The number of piperidine rings is 2. The molecule has 2 heterocycles. The lowest BCUT2D eigenvalue weighted by Gasteiger charge is -2.43. The topological polar surface area (TPSA) is 157 Å². The van der Waals surface area contributed by atoms with E-state index in [2.05, 4.69) is 41.7 Å². The van der Waals surface area contributed by atoms with Crippen LogP contribution in [-0.4, -0.2) is 95.6 Å². The second-order valence-electron chi connectivity index (χ2n) is 16.7. The zero-order valence-corrected chi connectivity index (χ0v) is 30.8. The number of nitrogens with zero attached hydrogens (tertiary/aromatic N) is 2. The number of likely N-dealkylation sites (tertiary alicyclic amines) is 2. The summed E-state index contributed by atoms with van der Waals surface area (Å²) >= 11 is 0. The van der Waals surface area contributed by atoms with Crippen LogP contribution in [0.1, 0.15) is 106 Å². The number of Topliss-reactive ketones (excluding diaryl/α,β-unsaturated/α-hetero) is 1. The summed E-state index contributed by atoms with van der Waals surface area (Å²) in [5.74, 6) is -2.22. The standard InChI is InChI=1S/C37H60N6O6/c1-9-19-38-32(47)29(45)24(10-2)39-31(46)28-27-23(36(27,6)7)21-43(28)33(48)30(37(8)17-13-11-14-18-37)41-34(49)40-25(35(3,4)5)22-42-20-15-12-16-26(42)44/h9,23-25,27-28,30H,1,10-22H2,2-8H3,(H,38,47)(H,39,46)(H2,40,41,49)/t23-,24?,25+,27-,28-,30+/m0/s1. The summed E-state index contributed by atoms with van der Waals surface area (Å²) in [6, 6.07) is -3.57. The van der Waals surface area contributed by atoms with Gasteiger partial charge < -0.3 is 31.1 Å². The molecule has 49 heavy (non-hydrogen) atoms. The lowest BCUT2D eigenvalue weighted by molar-refractivity contribution is -0.146. The maximum Gasteiger partial charge on any atom is 0.315 e. The van der Waals surface area contributed by atoms with Crippen molar-refractivity contribution in [2.24, 2.45) is 28.1 Å². The molecule has 0 aromatic heterocycles. The molecule has 0 spiro atoms. The molecule has 6 atom stereocenters. The van der Waals surface area contributed by atoms with Gasteiger partial charge in [0, 0.05) is 32.6 Å². The summed E-state index contributed by atoms with van der Waals surface area (Å²) in [7, 11) is 0. The van der Waals surface area contributed by atoms with E-state index in [1.165, 1.54) is 6.08 Å². The Hall–Kier alpha value is -3.44. The highest BCUT2D eigenvalue weighted by molar-refractivity contribution is 6.38. The molecule has 0 aromatic rings. The highest BCUT2D eigenvalue weighted by Gasteiger charge is 2.70. The van der Waals surface area contributed by atoms with Crippen molar-refractivity contribution < 1.29 is 28.8 Å². The van der Waals surface area contributed by atoms with Gasteiger partial charge in [-0.2, -0.15) is 0 Å². The van der Waals surface area contributed by atoms with Gasteiger partial charge in [-0.05, 0) is 60.2 Å². The average molecular weight is 685 g/mol. The molecule has 4 aliphatic rings. The Balaban J connectivity index is 1.56. The highest BCUT2D eigenvalue weighted by atomic mass is 16.2. The van der Waals surface area contributed by atoms with Gasteiger partial charge in [-0.1, -0.05) is 73.8 Å². The molecule has 0 radical (unpaired) electrons. The van der Waals surface area contributed by atoms with Gasteiger partial charge >= 0.3 is 6.03 Å². The quantitative estimate of drug-likeness (QED) is 0.172. The number of urea groups is 1. The molecule has 1 unspecified atom stereocenters. The van der Waals surface area contributed by atoms with Gasteiger partial charge in [-0.15, -0.1) is 6.58 Å². The molecule has 0 bridgehead atoms. The van der Waals surface area contributed by atoms with Crippen LogP contribution in [0.4, 0.5) is 4.79 Å². The molecule has 2 saturated carbocycles. The van der Waals surface area contributed by atoms with Crippen molar-refractivity contribution in [3.8, 4) is 0 Å². The molecule has 0 aromatic carbocycles. The number of carbonyl (C=O) groups excluding carboxylic acids is 6. The summed E-state index contributed by atoms with van der Waals surface area (Å²) in [6.07, 6.45) is 8.43. The zero-order valence-electron chi connectivity index (χ0n) is 30.8. The Bertz CT molecular complexity index is 1300. The third kappa shape index (κ3) is 8.48. The third-order valence-electron chi connectivity index (χ3n) is 11.8. The number of hydrogen-bond donors (Lipinski definition) is 4. The molecule has 4 fully saturated rings. The van der Waals surface area contributed by atoms with E-state index in [1.807, 2.05) is 32.6 Å². The zero-order chi connectivity index (χ0) is 36.3. The number of amides is 6. The molecular formula is C37H60N6O6. The van der Waals surface area contributed by atoms with E-state index in [9.17, 15) is 28.8 Å². The van der Waals surface area contributed by atoms with Crippen LogP contribution < -0.4 is 21.3 Å². The van der Waals surface area contributed by atoms with Crippen molar-refractivity contribution >= 4 is 35.4 Å². The normalized spacial score (nSPS) is 26.0. The van der Waals surface area contributed by atoms with E-state index in [0.29, 0.717) is 26.1 Å². The molecule has 12 nitrogen and oxygen atoms in total. The van der Waals surface area contributed by atoms with E-state index in [0.717, 1.165) is 44.9 Å². The van der Waals surface area contributed by atoms with Gasteiger partial charge in [0.1, 0.15) is 12.1 Å². The van der Waals surface area contributed by atoms with Gasteiger partial charge in [0.2, 0.25) is 23.5 Å². The Labute approximate surface area is 292 Å². The maximum atomic E-state index is 14.7. The third-order valence-corrected chi connectivity index (χ3v) is 11.8. The SMILES string of the molecule is C=CCNC(=O)C(=O)C(CC)NC(=O)[C@@H]1[C@@H]2[C@H](CN1C(=O)[C@@H](NC(=O)N[C@H](CN1CCCCC1=O)C(C)(C)C)C1(C)CCCCC1)C2(C)C. The van der Waals surface area contributed by atoms with E-state index in [-0.39, 0.29) is 53.5 Å². The first-order valence-corrected chi connectivity index (χ1v) is 18.3. The van der Waals surface area contributed by atoms with Gasteiger partial charge in [0.25, 0.3) is 5.91 Å². The van der Waals surface area contributed by atoms with Crippen LogP contribution >= 0.6 is 0 Å². The number of rotatable bonds is 13. The predicted molar refractivity (Wildman–Crippen MR) is 187 cm³/mol. The van der Waals surface area contributed by atoms with Crippen molar-refractivity contribution in [1.29, 1.82) is 0 Å². The Kier molecular flexibility index (Phi) is 11.9. The van der Waals surface area contributed by atoms with Gasteiger partial charge in [-0.25, -0.2) is 4.79 Å². The molecule has 4 rings (SSSR count). The van der Waals surface area contributed by atoms with Crippen LogP contribution in [0.15, 0.2) is 12.7 Å². The molecule has 2 saturated heterocycles. The van der Waals surface area contributed by atoms with Crippen LogP contribution in [0.5, 0.6) is 0 Å². The minimum atomic E-state index is -1.04. The first-order chi connectivity index (χ1) is 23.0. The largest absolute Gasteiger partial charge is 0.346 e. The van der Waals surface area contributed by atoms with Crippen molar-refractivity contribution in [2.75, 3.05) is 26.2 Å². The van der Waals surface area contributed by atoms with E-state index in [1.54, 1.807) is 11.8 Å². The molecule has 2 aliphatic heterocycles. The monoisotopic (exact) mass is 684 g/mol. The predicted octanol–water partition coefficient (Wildman–Crippen LogP) is 3.30. The minimum Gasteiger partial charge on any atom is -0.346 e. The van der Waals surface area contributed by atoms with Crippen LogP contribution in [-0.2, 0) is 24.0 Å². The number of nitrogens with one attached hydrogen (secondary N) is 4. The molecular weight excluding hydrogens is 624 g/mol. The second kappa shape index (κ2) is 15.2. The number of fused-ring (bicyclic) bond motifs is 1. The summed E-state index contributed by atoms with van der Waals surface area (Å²) in [5.41, 5.74) is -1.06. The fraction of sp³-hybridized carbons (Fsp3) is 0.784. The molecule has 4 N–H and O–H groups in total. The molecule has 2 aliphatic carbocycles. The fourth-order valence-corrected chi connectivity index (χ4v) is 8.32. The van der Waals surface area contributed by atoms with Crippen molar-refractivity contribution in [2.45, 2.75) is 130 Å². The second-order valence-corrected chi connectivity index (χ2v) is 16.7. The van der Waals surface area contributed by atoms with Crippen LogP contribution in [0.2, 0.25) is 0 Å². The maximum absolute atomic E-state index is 14.7. The summed E-state index contributed by atoms with van der Waals surface area (Å²) < 4.78 is 0. The number of hydrogen-bond acceptors (Lipinski definition) is 6. The van der Waals surface area contributed by atoms with Crippen LogP contribution in [0, 0.1) is 28.1 Å². The van der Waals surface area contributed by atoms with Crippen molar-refractivity contribution in [1.82, 2.24) is 31.1 Å². The van der Waals surface area contributed by atoms with Gasteiger partial charge in [0.05, 0.1) is 12.1 Å². The lowest BCUT2D eigenvalue weighted by atomic mass is 9.70. The fourth-order valence-electron chi connectivity index (χ4n) is 8.32. The Morgan fingerprint density at radius 2 is 1.65 bits per heavy atom. The van der Waals surface area contributed by atoms with Crippen molar-refractivity contribution in [3.63, 3.8) is 0 Å². The lowest BCUT2D eigenvalue weighted by Crippen LogP contribution is -2.63. The smallest absolute Gasteiger partial charge is 0.315 e. The molecule has 274 valence electrons. The van der Waals surface area contributed by atoms with Crippen LogP contribution in [0.25, 0.3) is 0 Å². The first-order valence-electron chi connectivity index (χ1n) is 18.3.